The lowest BCUT2D eigenvalue weighted by Gasteiger charge is -2.16. The molecule has 2 heterocycles. The van der Waals surface area contributed by atoms with Crippen LogP contribution in [0.1, 0.15) is 51.4 Å². The van der Waals surface area contributed by atoms with Crippen LogP contribution in [-0.2, 0) is 19.2 Å². The van der Waals surface area contributed by atoms with Gasteiger partial charge in [0.2, 0.25) is 28.5 Å². The molecule has 0 aliphatic carbocycles. The Morgan fingerprint density at radius 3 is 2.00 bits per heavy atom. The van der Waals surface area contributed by atoms with Gasteiger partial charge in [-0.15, -0.1) is 8.46 Å². The van der Waals surface area contributed by atoms with E-state index in [2.05, 4.69) is 49.7 Å². The minimum atomic E-state index is -0.928. The molecule has 4 unspecified atom stereocenters. The smallest absolute Gasteiger partial charge is 0.237 e. The van der Waals surface area contributed by atoms with Crippen molar-refractivity contribution in [2.75, 3.05) is 26.2 Å². The molecule has 2 rings (SSSR count). The van der Waals surface area contributed by atoms with Gasteiger partial charge in [-0.2, -0.15) is 22.4 Å². The SMILES string of the molecule is [B]P(I)C1CC(=O)N(CCCCCNCCCCCN2C(=O)CC(P[B]I)C2=O)C1=O. The molecule has 2 aliphatic rings. The molecule has 2 saturated heterocycles. The summed E-state index contributed by atoms with van der Waals surface area (Å²) in [4.78, 5) is 53.1. The molecular formula is C18H28B2I2N3O4P2. The van der Waals surface area contributed by atoms with Gasteiger partial charge in [0.25, 0.3) is 0 Å². The van der Waals surface area contributed by atoms with Gasteiger partial charge in [-0.3, -0.25) is 29.0 Å². The quantitative estimate of drug-likeness (QED) is 0.0942. The highest BCUT2D eigenvalue weighted by Crippen LogP contribution is 2.49. The van der Waals surface area contributed by atoms with E-state index in [1.807, 2.05) is 4.86 Å². The van der Waals surface area contributed by atoms with Crippen molar-refractivity contribution in [2.45, 2.75) is 62.7 Å². The van der Waals surface area contributed by atoms with Crippen molar-refractivity contribution in [2.24, 2.45) is 0 Å². The number of imide groups is 2. The molecule has 13 heteroatoms. The summed E-state index contributed by atoms with van der Waals surface area (Å²) in [6, 6.07) is 0. The zero-order chi connectivity index (χ0) is 22.8. The minimum absolute atomic E-state index is 0.000309. The van der Waals surface area contributed by atoms with Gasteiger partial charge in [0, 0.05) is 25.9 Å². The van der Waals surface area contributed by atoms with Crippen LogP contribution >= 0.6 is 58.3 Å². The van der Waals surface area contributed by atoms with Crippen LogP contribution in [0.15, 0.2) is 0 Å². The Balaban J connectivity index is 1.44. The first-order valence-corrected chi connectivity index (χ1v) is 17.3. The van der Waals surface area contributed by atoms with E-state index in [-0.39, 0.29) is 41.4 Å². The second-order valence-electron chi connectivity index (χ2n) is 7.74. The average molecular weight is 688 g/mol. The summed E-state index contributed by atoms with van der Waals surface area (Å²) in [7, 11) is 6.26. The topological polar surface area (TPSA) is 86.8 Å². The number of carbonyl (C=O) groups excluding carboxylic acids is 4. The van der Waals surface area contributed by atoms with Gasteiger partial charge in [-0.05, 0) is 38.8 Å². The number of carbonyl (C=O) groups is 4. The number of amides is 4. The van der Waals surface area contributed by atoms with Crippen LogP contribution in [0, 0.1) is 0 Å². The van der Waals surface area contributed by atoms with Crippen molar-refractivity contribution in [3.8, 4) is 0 Å². The van der Waals surface area contributed by atoms with Crippen LogP contribution in [0.5, 0.6) is 0 Å². The first kappa shape index (κ1) is 27.9. The van der Waals surface area contributed by atoms with Crippen molar-refractivity contribution in [1.29, 1.82) is 0 Å². The Labute approximate surface area is 216 Å². The third-order valence-electron chi connectivity index (χ3n) is 5.50. The van der Waals surface area contributed by atoms with Gasteiger partial charge >= 0.3 is 0 Å². The maximum absolute atomic E-state index is 12.2. The molecule has 0 aromatic rings. The largest absolute Gasteiger partial charge is 0.317 e. The Morgan fingerprint density at radius 2 is 1.48 bits per heavy atom. The summed E-state index contributed by atoms with van der Waals surface area (Å²) < 4.78 is 0. The summed E-state index contributed by atoms with van der Waals surface area (Å²) in [6.45, 7) is 2.86. The van der Waals surface area contributed by atoms with Gasteiger partial charge < -0.3 is 5.32 Å². The van der Waals surface area contributed by atoms with Crippen molar-refractivity contribution < 1.29 is 19.2 Å². The number of nitrogens with zero attached hydrogens (tertiary/aromatic N) is 2. The van der Waals surface area contributed by atoms with Crippen molar-refractivity contribution in [3.63, 3.8) is 0 Å². The third-order valence-corrected chi connectivity index (χ3v) is 10.6. The monoisotopic (exact) mass is 688 g/mol. The Bertz CT molecular complexity index is 663. The number of hydrogen-bond donors (Lipinski definition) is 1. The molecule has 4 atom stereocenters. The Morgan fingerprint density at radius 1 is 0.935 bits per heavy atom. The molecule has 1 N–H and O–H groups in total. The molecule has 31 heavy (non-hydrogen) atoms. The Hall–Kier alpha value is 0.690. The number of rotatable bonds is 15. The van der Waals surface area contributed by atoms with Gasteiger partial charge in [-0.25, -0.2) is 0 Å². The fraction of sp³-hybridized carbons (Fsp3) is 0.778. The summed E-state index contributed by atoms with van der Waals surface area (Å²) >= 11 is 4.21. The normalized spacial score (nSPS) is 23.0. The summed E-state index contributed by atoms with van der Waals surface area (Å²) in [5.41, 5.74) is -1.36. The Kier molecular flexibility index (Phi) is 13.4. The van der Waals surface area contributed by atoms with Crippen molar-refractivity contribution >= 4 is 94.4 Å². The molecule has 0 spiro atoms. The highest BCUT2D eigenvalue weighted by Gasteiger charge is 2.40. The maximum Gasteiger partial charge on any atom is 0.237 e. The third kappa shape index (κ3) is 8.76. The zero-order valence-electron chi connectivity index (χ0n) is 17.5. The lowest BCUT2D eigenvalue weighted by Crippen LogP contribution is -2.32. The number of hydrogen-bond acceptors (Lipinski definition) is 5. The molecule has 0 bridgehead atoms. The molecule has 2 aliphatic heterocycles. The van der Waals surface area contributed by atoms with E-state index < -0.39 is 5.44 Å². The fourth-order valence-corrected chi connectivity index (χ4v) is 7.77. The summed E-state index contributed by atoms with van der Waals surface area (Å²) in [5, 5.41) is 3.41. The first-order valence-electron chi connectivity index (χ1n) is 10.6. The predicted octanol–water partition coefficient (Wildman–Crippen LogP) is 2.73. The van der Waals surface area contributed by atoms with E-state index in [1.165, 1.54) is 9.80 Å². The van der Waals surface area contributed by atoms with Gasteiger partial charge in [0.1, 0.15) is 7.57 Å². The van der Waals surface area contributed by atoms with Crippen LogP contribution in [0.2, 0.25) is 0 Å². The first-order chi connectivity index (χ1) is 14.9. The minimum Gasteiger partial charge on any atom is -0.317 e. The van der Waals surface area contributed by atoms with Crippen LogP contribution in [0.3, 0.4) is 0 Å². The molecule has 7 nitrogen and oxygen atoms in total. The number of halogens is 2. The van der Waals surface area contributed by atoms with Crippen LogP contribution in [0.4, 0.5) is 0 Å². The fourth-order valence-electron chi connectivity index (χ4n) is 3.74. The molecular weight excluding hydrogens is 660 g/mol. The molecule has 3 radical (unpaired) electrons. The van der Waals surface area contributed by atoms with E-state index >= 15 is 0 Å². The molecule has 169 valence electrons. The highest BCUT2D eigenvalue weighted by molar-refractivity contribution is 14.2. The molecule has 2 fully saturated rings. The molecule has 0 saturated carbocycles. The summed E-state index contributed by atoms with van der Waals surface area (Å²) in [6.07, 6.45) is 6.27. The number of likely N-dealkylation sites (tertiary alicyclic amines) is 2. The maximum atomic E-state index is 12.2. The average Bonchev–Trinajstić information content (AvgIpc) is 3.16. The van der Waals surface area contributed by atoms with Gasteiger partial charge in [-0.1, -0.05) is 40.3 Å². The lowest BCUT2D eigenvalue weighted by atomic mass is 10.2. The number of nitrogens with one attached hydrogen (secondary N) is 1. The second-order valence-corrected chi connectivity index (χ2v) is 15.5. The molecule has 0 aromatic heterocycles. The second kappa shape index (κ2) is 14.8. The molecule has 0 aromatic carbocycles. The van der Waals surface area contributed by atoms with E-state index in [1.54, 1.807) is 0 Å². The predicted molar refractivity (Wildman–Crippen MR) is 146 cm³/mol. The standard InChI is InChI=1S/C18H28B2I2N3O4P2/c19-31(22)14-12-16(27)25(18(14)29)10-6-2-4-8-23-7-3-1-5-9-24-15(26)11-13(17(24)28)30-20-21/h13-14,23,30H,1-12H2. The zero-order valence-corrected chi connectivity index (χ0v) is 23.7. The lowest BCUT2D eigenvalue weighted by molar-refractivity contribution is -0.139. The van der Waals surface area contributed by atoms with Gasteiger partial charge in [0.05, 0.1) is 11.3 Å². The molecule has 4 amide bonds. The van der Waals surface area contributed by atoms with E-state index in [0.29, 0.717) is 28.0 Å². The summed E-state index contributed by atoms with van der Waals surface area (Å²) in [5.74, 6) is -0.202. The van der Waals surface area contributed by atoms with Crippen molar-refractivity contribution in [3.05, 3.63) is 0 Å². The number of unbranched alkanes of at least 4 members (excludes halogenated alkanes) is 4. The van der Waals surface area contributed by atoms with E-state index in [9.17, 15) is 19.2 Å². The van der Waals surface area contributed by atoms with E-state index in [0.717, 1.165) is 51.6 Å². The van der Waals surface area contributed by atoms with Crippen LogP contribution < -0.4 is 5.32 Å². The van der Waals surface area contributed by atoms with Crippen LogP contribution in [0.25, 0.3) is 0 Å². The highest BCUT2D eigenvalue weighted by atomic mass is 127. The van der Waals surface area contributed by atoms with Crippen LogP contribution in [-0.4, -0.2) is 83.3 Å². The van der Waals surface area contributed by atoms with Gasteiger partial charge in [0.15, 0.2) is 0 Å². The van der Waals surface area contributed by atoms with Crippen molar-refractivity contribution in [1.82, 2.24) is 15.1 Å². The van der Waals surface area contributed by atoms with E-state index in [4.69, 9.17) is 7.57 Å².